The van der Waals surface area contributed by atoms with Crippen molar-refractivity contribution in [1.29, 1.82) is 0 Å². The molecule has 0 aromatic carbocycles. The van der Waals surface area contributed by atoms with Crippen molar-refractivity contribution in [1.82, 2.24) is 9.78 Å². The highest BCUT2D eigenvalue weighted by Crippen LogP contribution is 2.13. The zero-order chi connectivity index (χ0) is 10.7. The molecule has 6 heteroatoms. The van der Waals surface area contributed by atoms with Crippen LogP contribution in [-0.2, 0) is 7.05 Å². The van der Waals surface area contributed by atoms with Gasteiger partial charge in [0.05, 0.1) is 5.69 Å². The topological polar surface area (TPSA) is 90.2 Å². The minimum absolute atomic E-state index is 0.368. The SMILES string of the molecule is Cc1cc(N(CCN)C(N)=O)n(C)n1. The van der Waals surface area contributed by atoms with Crippen LogP contribution in [0, 0.1) is 6.92 Å². The third-order valence-electron chi connectivity index (χ3n) is 1.87. The number of hydrogen-bond acceptors (Lipinski definition) is 3. The molecule has 0 aliphatic carbocycles. The van der Waals surface area contributed by atoms with Crippen LogP contribution >= 0.6 is 0 Å². The van der Waals surface area contributed by atoms with Crippen molar-refractivity contribution < 1.29 is 4.79 Å². The van der Waals surface area contributed by atoms with Crippen molar-refractivity contribution in [3.8, 4) is 0 Å². The Bertz CT molecular complexity index is 332. The Kier molecular flexibility index (Phi) is 3.08. The number of primary amides is 1. The van der Waals surface area contributed by atoms with Crippen LogP contribution in [0.25, 0.3) is 0 Å². The number of nitrogens with zero attached hydrogens (tertiary/aromatic N) is 3. The number of urea groups is 1. The lowest BCUT2D eigenvalue weighted by molar-refractivity contribution is 0.253. The minimum atomic E-state index is -0.515. The van der Waals surface area contributed by atoms with Gasteiger partial charge in [0.25, 0.3) is 0 Å². The molecule has 78 valence electrons. The number of hydrogen-bond donors (Lipinski definition) is 2. The standard InChI is InChI=1S/C8H15N5O/c1-6-5-7(12(2)11-6)13(4-3-9)8(10)14/h5H,3-4,9H2,1-2H3,(H2,10,14). The summed E-state index contributed by atoms with van der Waals surface area (Å²) in [5.41, 5.74) is 11.4. The second kappa shape index (κ2) is 4.10. The van der Waals surface area contributed by atoms with Crippen molar-refractivity contribution >= 4 is 11.8 Å². The van der Waals surface area contributed by atoms with Gasteiger partial charge in [-0.1, -0.05) is 0 Å². The highest BCUT2D eigenvalue weighted by molar-refractivity contribution is 5.89. The fourth-order valence-electron chi connectivity index (χ4n) is 1.32. The van der Waals surface area contributed by atoms with Gasteiger partial charge in [-0.15, -0.1) is 0 Å². The zero-order valence-corrected chi connectivity index (χ0v) is 8.40. The Morgan fingerprint density at radius 3 is 2.71 bits per heavy atom. The van der Waals surface area contributed by atoms with Crippen LogP contribution in [0.3, 0.4) is 0 Å². The molecule has 2 amide bonds. The van der Waals surface area contributed by atoms with Crippen molar-refractivity contribution in [3.05, 3.63) is 11.8 Å². The Morgan fingerprint density at radius 2 is 2.36 bits per heavy atom. The van der Waals surface area contributed by atoms with Gasteiger partial charge in [0.1, 0.15) is 5.82 Å². The summed E-state index contributed by atoms with van der Waals surface area (Å²) in [7, 11) is 1.76. The summed E-state index contributed by atoms with van der Waals surface area (Å²) in [6.07, 6.45) is 0. The number of anilines is 1. The Hall–Kier alpha value is -1.56. The summed E-state index contributed by atoms with van der Waals surface area (Å²) in [4.78, 5) is 12.5. The highest BCUT2D eigenvalue weighted by Gasteiger charge is 2.15. The predicted molar refractivity (Wildman–Crippen MR) is 53.9 cm³/mol. The van der Waals surface area contributed by atoms with E-state index in [1.807, 2.05) is 6.92 Å². The lowest BCUT2D eigenvalue weighted by Gasteiger charge is -2.18. The summed E-state index contributed by atoms with van der Waals surface area (Å²) in [6.45, 7) is 2.62. The first kappa shape index (κ1) is 10.5. The van der Waals surface area contributed by atoms with E-state index < -0.39 is 6.03 Å². The largest absolute Gasteiger partial charge is 0.351 e. The lowest BCUT2D eigenvalue weighted by atomic mass is 10.4. The predicted octanol–water partition coefficient (Wildman–Crippen LogP) is -0.428. The van der Waals surface area contributed by atoms with Gasteiger partial charge in [-0.3, -0.25) is 9.58 Å². The van der Waals surface area contributed by atoms with Crippen molar-refractivity contribution in [3.63, 3.8) is 0 Å². The Balaban J connectivity index is 2.98. The average molecular weight is 197 g/mol. The summed E-state index contributed by atoms with van der Waals surface area (Å²) in [6, 6.07) is 1.28. The van der Waals surface area contributed by atoms with E-state index in [-0.39, 0.29) is 0 Å². The maximum absolute atomic E-state index is 11.1. The average Bonchev–Trinajstić information content (AvgIpc) is 2.40. The van der Waals surface area contributed by atoms with Gasteiger partial charge in [0.2, 0.25) is 0 Å². The summed E-state index contributed by atoms with van der Waals surface area (Å²) in [5.74, 6) is 0.667. The molecule has 0 radical (unpaired) electrons. The molecule has 14 heavy (non-hydrogen) atoms. The molecule has 6 nitrogen and oxygen atoms in total. The summed E-state index contributed by atoms with van der Waals surface area (Å²) in [5, 5.41) is 4.12. The zero-order valence-electron chi connectivity index (χ0n) is 8.40. The van der Waals surface area contributed by atoms with Crippen LogP contribution in [0.4, 0.5) is 10.6 Å². The van der Waals surface area contributed by atoms with E-state index in [0.717, 1.165) is 5.69 Å². The molecule has 0 saturated heterocycles. The molecule has 1 heterocycles. The molecule has 0 aliphatic heterocycles. The van der Waals surface area contributed by atoms with E-state index in [4.69, 9.17) is 11.5 Å². The number of aryl methyl sites for hydroxylation is 2. The molecule has 0 unspecified atom stereocenters. The fourth-order valence-corrected chi connectivity index (χ4v) is 1.32. The normalized spacial score (nSPS) is 10.2. The molecule has 4 N–H and O–H groups in total. The van der Waals surface area contributed by atoms with Gasteiger partial charge >= 0.3 is 6.03 Å². The molecule has 0 atom stereocenters. The number of aromatic nitrogens is 2. The van der Waals surface area contributed by atoms with E-state index in [2.05, 4.69) is 5.10 Å². The second-order valence-electron chi connectivity index (χ2n) is 3.05. The molecular formula is C8H15N5O. The number of rotatable bonds is 3. The van der Waals surface area contributed by atoms with E-state index in [9.17, 15) is 4.79 Å². The summed E-state index contributed by atoms with van der Waals surface area (Å²) >= 11 is 0. The first-order valence-electron chi connectivity index (χ1n) is 4.34. The maximum atomic E-state index is 11.1. The van der Waals surface area contributed by atoms with Crippen LogP contribution in [0.5, 0.6) is 0 Å². The molecule has 0 aliphatic rings. The van der Waals surface area contributed by atoms with Gasteiger partial charge in [0.15, 0.2) is 0 Å². The molecule has 1 rings (SSSR count). The molecule has 0 bridgehead atoms. The molecule has 1 aromatic heterocycles. The van der Waals surface area contributed by atoms with E-state index in [1.165, 1.54) is 4.90 Å². The smallest absolute Gasteiger partial charge is 0.320 e. The van der Waals surface area contributed by atoms with Crippen LogP contribution in [0.15, 0.2) is 6.07 Å². The van der Waals surface area contributed by atoms with Gasteiger partial charge in [-0.25, -0.2) is 4.79 Å². The van der Waals surface area contributed by atoms with Crippen LogP contribution in [0.2, 0.25) is 0 Å². The number of nitrogens with two attached hydrogens (primary N) is 2. The maximum Gasteiger partial charge on any atom is 0.320 e. The van der Waals surface area contributed by atoms with Crippen LogP contribution in [0.1, 0.15) is 5.69 Å². The molecular weight excluding hydrogens is 182 g/mol. The van der Waals surface area contributed by atoms with Crippen LogP contribution in [-0.4, -0.2) is 28.9 Å². The van der Waals surface area contributed by atoms with Gasteiger partial charge < -0.3 is 11.5 Å². The van der Waals surface area contributed by atoms with Crippen LogP contribution < -0.4 is 16.4 Å². The monoisotopic (exact) mass is 197 g/mol. The quantitative estimate of drug-likeness (QED) is 0.689. The highest BCUT2D eigenvalue weighted by atomic mass is 16.2. The summed E-state index contributed by atoms with van der Waals surface area (Å²) < 4.78 is 1.61. The van der Waals surface area contributed by atoms with E-state index in [1.54, 1.807) is 17.8 Å². The van der Waals surface area contributed by atoms with Gasteiger partial charge in [-0.05, 0) is 6.92 Å². The van der Waals surface area contributed by atoms with E-state index in [0.29, 0.717) is 18.9 Å². The third kappa shape index (κ3) is 2.02. The van der Waals surface area contributed by atoms with Crippen molar-refractivity contribution in [2.24, 2.45) is 18.5 Å². The first-order valence-corrected chi connectivity index (χ1v) is 4.34. The number of carbonyl (C=O) groups is 1. The number of carbonyl (C=O) groups excluding carboxylic acids is 1. The van der Waals surface area contributed by atoms with Gasteiger partial charge in [0, 0.05) is 26.2 Å². The third-order valence-corrected chi connectivity index (χ3v) is 1.87. The molecule has 0 saturated carbocycles. The van der Waals surface area contributed by atoms with Crippen molar-refractivity contribution in [2.45, 2.75) is 6.92 Å². The number of amides is 2. The molecule has 0 spiro atoms. The minimum Gasteiger partial charge on any atom is -0.351 e. The molecule has 0 fully saturated rings. The van der Waals surface area contributed by atoms with E-state index >= 15 is 0 Å². The Morgan fingerprint density at radius 1 is 1.71 bits per heavy atom. The lowest BCUT2D eigenvalue weighted by Crippen LogP contribution is -2.40. The second-order valence-corrected chi connectivity index (χ2v) is 3.05. The molecule has 1 aromatic rings. The van der Waals surface area contributed by atoms with Crippen molar-refractivity contribution in [2.75, 3.05) is 18.0 Å². The fraction of sp³-hybridized carbons (Fsp3) is 0.500. The first-order chi connectivity index (χ1) is 6.56. The van der Waals surface area contributed by atoms with Gasteiger partial charge in [-0.2, -0.15) is 5.10 Å². The Labute approximate surface area is 82.5 Å².